The van der Waals surface area contributed by atoms with Gasteiger partial charge in [-0.3, -0.25) is 0 Å². The van der Waals surface area contributed by atoms with E-state index in [1.165, 1.54) is 82.8 Å². The first kappa shape index (κ1) is 28.3. The number of fused-ring (bicyclic) bond motifs is 15. The van der Waals surface area contributed by atoms with E-state index in [0.717, 1.165) is 40.7 Å². The molecule has 0 unspecified atom stereocenters. The van der Waals surface area contributed by atoms with Crippen molar-refractivity contribution in [1.29, 1.82) is 0 Å². The molecule has 0 aliphatic heterocycles. The van der Waals surface area contributed by atoms with Crippen LogP contribution in [0.3, 0.4) is 0 Å². The predicted molar refractivity (Wildman–Crippen MR) is 208 cm³/mol. The third-order valence-electron chi connectivity index (χ3n) is 12.0. The van der Waals surface area contributed by atoms with E-state index >= 15 is 0 Å². The maximum atomic E-state index is 6.78. The first-order chi connectivity index (χ1) is 24.3. The Morgan fingerprint density at radius 3 is 1.60 bits per heavy atom. The van der Waals surface area contributed by atoms with Crippen molar-refractivity contribution in [3.05, 3.63) is 149 Å². The number of hydrogen-bond acceptors (Lipinski definition) is 2. The first-order valence-electron chi connectivity index (χ1n) is 17.9. The first-order valence-corrected chi connectivity index (χ1v) is 17.9. The summed E-state index contributed by atoms with van der Waals surface area (Å²) in [5.41, 5.74) is 19.0. The van der Waals surface area contributed by atoms with Crippen LogP contribution in [0.5, 0.6) is 0 Å². The molecule has 3 aliphatic rings. The summed E-state index contributed by atoms with van der Waals surface area (Å²) in [7, 11) is 0. The third kappa shape index (κ3) is 3.44. The van der Waals surface area contributed by atoms with E-state index in [1.54, 1.807) is 0 Å². The highest BCUT2D eigenvalue weighted by Gasteiger charge is 2.48. The van der Waals surface area contributed by atoms with Gasteiger partial charge in [0.2, 0.25) is 0 Å². The normalized spacial score (nSPS) is 16.6. The van der Waals surface area contributed by atoms with Gasteiger partial charge in [-0.05, 0) is 92.8 Å². The zero-order chi connectivity index (χ0) is 33.5. The van der Waals surface area contributed by atoms with Gasteiger partial charge in [-0.1, -0.05) is 125 Å². The maximum absolute atomic E-state index is 6.78. The lowest BCUT2D eigenvalue weighted by Crippen LogP contribution is -2.24. The van der Waals surface area contributed by atoms with Gasteiger partial charge in [-0.25, -0.2) is 0 Å². The van der Waals surface area contributed by atoms with Crippen molar-refractivity contribution in [2.75, 3.05) is 0 Å². The van der Waals surface area contributed by atoms with Crippen molar-refractivity contribution in [1.82, 2.24) is 0 Å². The summed E-state index contributed by atoms with van der Waals surface area (Å²) in [5, 5.41) is 4.82. The average Bonchev–Trinajstić information content (AvgIpc) is 3.84. The minimum atomic E-state index is -0.250. The summed E-state index contributed by atoms with van der Waals surface area (Å²) < 4.78 is 13.5. The molecule has 8 aromatic rings. The average molecular weight is 645 g/mol. The van der Waals surface area contributed by atoms with Gasteiger partial charge in [0, 0.05) is 43.5 Å². The van der Waals surface area contributed by atoms with Crippen molar-refractivity contribution in [3.8, 4) is 33.4 Å². The highest BCUT2D eigenvalue weighted by Crippen LogP contribution is 2.63. The molecule has 0 fully saturated rings. The molecular weight excluding hydrogens is 609 g/mol. The van der Waals surface area contributed by atoms with Crippen molar-refractivity contribution < 1.29 is 8.83 Å². The van der Waals surface area contributed by atoms with E-state index in [2.05, 4.69) is 149 Å². The Morgan fingerprint density at radius 2 is 1.04 bits per heavy atom. The van der Waals surface area contributed by atoms with Crippen LogP contribution in [0, 0.1) is 0 Å². The van der Waals surface area contributed by atoms with Gasteiger partial charge in [0.25, 0.3) is 0 Å². The Morgan fingerprint density at radius 1 is 0.520 bits per heavy atom. The molecule has 2 heteroatoms. The number of rotatable bonds is 2. The van der Waals surface area contributed by atoms with Crippen LogP contribution in [-0.4, -0.2) is 0 Å². The van der Waals surface area contributed by atoms with Gasteiger partial charge >= 0.3 is 0 Å². The van der Waals surface area contributed by atoms with E-state index < -0.39 is 0 Å². The molecule has 2 aromatic heterocycles. The molecule has 0 atom stereocenters. The Balaban J connectivity index is 1.26. The van der Waals surface area contributed by atoms with E-state index in [9.17, 15) is 0 Å². The molecule has 0 saturated heterocycles. The van der Waals surface area contributed by atoms with Gasteiger partial charge in [0.15, 0.2) is 0 Å². The summed E-state index contributed by atoms with van der Waals surface area (Å²) in [5.74, 6) is 0. The van der Waals surface area contributed by atoms with Gasteiger partial charge < -0.3 is 8.83 Å². The van der Waals surface area contributed by atoms with Crippen molar-refractivity contribution >= 4 is 49.5 Å². The summed E-state index contributed by atoms with van der Waals surface area (Å²) >= 11 is 0. The fourth-order valence-electron chi connectivity index (χ4n) is 9.79. The summed E-state index contributed by atoms with van der Waals surface area (Å²) in [6, 6.07) is 37.6. The van der Waals surface area contributed by atoms with Crippen molar-refractivity contribution in [3.63, 3.8) is 0 Å². The van der Waals surface area contributed by atoms with Crippen molar-refractivity contribution in [2.45, 2.75) is 51.4 Å². The maximum Gasteiger partial charge on any atom is 0.143 e. The van der Waals surface area contributed by atoms with Crippen LogP contribution in [-0.2, 0) is 10.8 Å². The fraction of sp³-hybridized carbons (Fsp3) is 0.167. The summed E-state index contributed by atoms with van der Waals surface area (Å²) in [4.78, 5) is 0. The zero-order valence-corrected chi connectivity index (χ0v) is 28.8. The number of para-hydroxylation sites is 2. The quantitative estimate of drug-likeness (QED) is 0.187. The van der Waals surface area contributed by atoms with Crippen LogP contribution in [0.1, 0.15) is 68.4 Å². The lowest BCUT2D eigenvalue weighted by atomic mass is 9.72. The highest BCUT2D eigenvalue weighted by atomic mass is 16.3. The molecule has 6 aromatic carbocycles. The lowest BCUT2D eigenvalue weighted by Gasteiger charge is -2.31. The highest BCUT2D eigenvalue weighted by molar-refractivity contribution is 6.21. The Labute approximate surface area is 291 Å². The Bertz CT molecular complexity index is 2850. The van der Waals surface area contributed by atoms with Crippen molar-refractivity contribution in [2.24, 2.45) is 0 Å². The second-order valence-corrected chi connectivity index (χ2v) is 15.5. The smallest absolute Gasteiger partial charge is 0.143 e. The van der Waals surface area contributed by atoms with Crippen LogP contribution in [0.4, 0.5) is 0 Å². The standard InChI is InChI=1S/C48H36O2/c1-47(2)35-25-33(27-15-7-5-8-16-27)45-41(29-19-11-13-21-37(29)49-45)39(35)31-23-24-32-40-36(48(3,4)44(32)43(31)47)26-34(28-17-9-6-10-18-28)46-42(40)30-20-12-14-22-38(30)50-46/h5,7-9,11-26H,6,10H2,1-4H3. The number of benzene rings is 6. The molecule has 2 nitrogen and oxygen atoms in total. The summed E-state index contributed by atoms with van der Waals surface area (Å²) in [6.45, 7) is 9.76. The monoisotopic (exact) mass is 644 g/mol. The third-order valence-corrected chi connectivity index (χ3v) is 12.0. The molecule has 2 heterocycles. The minimum Gasteiger partial charge on any atom is -0.455 e. The minimum absolute atomic E-state index is 0.241. The molecule has 50 heavy (non-hydrogen) atoms. The SMILES string of the molecule is CC1(C)c2cc(C3=CCCC=C3)c3oc4ccccc4c3c2-c2ccc3c(c21)C(C)(C)c1cc(-c2ccccc2)c2oc4ccccc4c2c1-3. The Kier molecular flexibility index (Phi) is 5.40. The largest absolute Gasteiger partial charge is 0.455 e. The molecule has 0 saturated carbocycles. The second kappa shape index (κ2) is 9.55. The molecule has 0 spiro atoms. The van der Waals surface area contributed by atoms with E-state index in [4.69, 9.17) is 8.83 Å². The molecule has 0 radical (unpaired) electrons. The van der Waals surface area contributed by atoms with E-state index in [0.29, 0.717) is 0 Å². The zero-order valence-electron chi connectivity index (χ0n) is 28.8. The van der Waals surface area contributed by atoms with E-state index in [1.807, 2.05) is 0 Å². The Hall–Kier alpha value is -5.60. The second-order valence-electron chi connectivity index (χ2n) is 15.5. The van der Waals surface area contributed by atoms with E-state index in [-0.39, 0.29) is 10.8 Å². The van der Waals surface area contributed by atoms with Gasteiger partial charge in [-0.15, -0.1) is 0 Å². The molecule has 0 amide bonds. The van der Waals surface area contributed by atoms with Gasteiger partial charge in [0.05, 0.1) is 0 Å². The topological polar surface area (TPSA) is 26.3 Å². The predicted octanol–water partition coefficient (Wildman–Crippen LogP) is 13.5. The molecule has 0 N–H and O–H groups in total. The van der Waals surface area contributed by atoms with Crippen LogP contribution in [0.15, 0.2) is 130 Å². The van der Waals surface area contributed by atoms with Gasteiger partial charge in [-0.2, -0.15) is 0 Å². The lowest BCUT2D eigenvalue weighted by molar-refractivity contribution is 0.601. The van der Waals surface area contributed by atoms with Crippen LogP contribution < -0.4 is 0 Å². The van der Waals surface area contributed by atoms with Crippen LogP contribution >= 0.6 is 0 Å². The number of hydrogen-bond donors (Lipinski definition) is 0. The van der Waals surface area contributed by atoms with Crippen LogP contribution in [0.2, 0.25) is 0 Å². The molecule has 240 valence electrons. The van der Waals surface area contributed by atoms with Gasteiger partial charge in [0.1, 0.15) is 22.3 Å². The van der Waals surface area contributed by atoms with Crippen LogP contribution in [0.25, 0.3) is 82.8 Å². The molecule has 11 rings (SSSR count). The number of furan rings is 2. The molecule has 0 bridgehead atoms. The molecular formula is C48H36O2. The summed E-state index contributed by atoms with van der Waals surface area (Å²) in [6.07, 6.45) is 9.10. The number of allylic oxidation sites excluding steroid dienone is 4. The fourth-order valence-corrected chi connectivity index (χ4v) is 9.79. The molecule has 3 aliphatic carbocycles.